The van der Waals surface area contributed by atoms with Crippen LogP contribution in [0.3, 0.4) is 0 Å². The van der Waals surface area contributed by atoms with E-state index < -0.39 is 11.6 Å². The number of halogens is 1. The summed E-state index contributed by atoms with van der Waals surface area (Å²) in [4.78, 5) is 30.6. The predicted octanol–water partition coefficient (Wildman–Crippen LogP) is 3.42. The highest BCUT2D eigenvalue weighted by molar-refractivity contribution is 7.08. The fraction of sp³-hybridized carbons (Fsp3) is 0.176. The van der Waals surface area contributed by atoms with Crippen LogP contribution in [0, 0.1) is 0 Å². The number of rotatable bonds is 4. The van der Waals surface area contributed by atoms with Crippen molar-refractivity contribution in [1.29, 1.82) is 0 Å². The first-order chi connectivity index (χ1) is 12.5. The molecule has 3 aromatic rings. The molecular weight excluding hydrogens is 376 g/mol. The van der Waals surface area contributed by atoms with Crippen LogP contribution in [0.25, 0.3) is 11.4 Å². The number of imide groups is 1. The van der Waals surface area contributed by atoms with E-state index in [-0.39, 0.29) is 18.3 Å². The van der Waals surface area contributed by atoms with Gasteiger partial charge in [0.15, 0.2) is 0 Å². The van der Waals surface area contributed by atoms with Gasteiger partial charge in [-0.15, -0.1) is 0 Å². The minimum absolute atomic E-state index is 0.0923. The van der Waals surface area contributed by atoms with Gasteiger partial charge in [-0.3, -0.25) is 9.69 Å². The lowest BCUT2D eigenvalue weighted by Gasteiger charge is -2.22. The zero-order chi connectivity index (χ0) is 18.3. The Bertz CT molecular complexity index is 970. The number of hydrogen-bond acceptors (Lipinski definition) is 6. The predicted molar refractivity (Wildman–Crippen MR) is 95.5 cm³/mol. The second-order valence-corrected chi connectivity index (χ2v) is 7.19. The molecular formula is C17H13ClN4O3S. The maximum Gasteiger partial charge on any atom is 0.325 e. The average Bonchev–Trinajstić information content (AvgIpc) is 3.34. The van der Waals surface area contributed by atoms with E-state index in [1.54, 1.807) is 31.2 Å². The summed E-state index contributed by atoms with van der Waals surface area (Å²) in [5, 5.41) is 11.0. The van der Waals surface area contributed by atoms with Crippen molar-refractivity contribution >= 4 is 34.9 Å². The first kappa shape index (κ1) is 16.7. The van der Waals surface area contributed by atoms with Gasteiger partial charge >= 0.3 is 6.03 Å². The number of amides is 3. The number of benzene rings is 1. The zero-order valence-corrected chi connectivity index (χ0v) is 15.2. The van der Waals surface area contributed by atoms with E-state index >= 15 is 0 Å². The fourth-order valence-electron chi connectivity index (χ4n) is 2.78. The standard InChI is InChI=1S/C17H13ClN4O3S/c1-17(11-2-4-12(18)5-3-11)15(23)22(16(24)20-17)8-13-19-14(21-25-13)10-6-7-26-9-10/h2-7,9H,8H2,1H3,(H,20,24)/t17-/m1/s1. The highest BCUT2D eigenvalue weighted by atomic mass is 35.5. The van der Waals surface area contributed by atoms with Crippen molar-refractivity contribution in [3.05, 3.63) is 57.6 Å². The number of aromatic nitrogens is 2. The molecule has 0 saturated carbocycles. The highest BCUT2D eigenvalue weighted by Gasteiger charge is 2.49. The number of urea groups is 1. The van der Waals surface area contributed by atoms with E-state index in [0.29, 0.717) is 16.4 Å². The van der Waals surface area contributed by atoms with Gasteiger partial charge in [0.05, 0.1) is 0 Å². The Balaban J connectivity index is 1.57. The van der Waals surface area contributed by atoms with Crippen LogP contribution in [0.15, 0.2) is 45.6 Å². The summed E-state index contributed by atoms with van der Waals surface area (Å²) >= 11 is 7.42. The molecule has 26 heavy (non-hydrogen) atoms. The van der Waals surface area contributed by atoms with Gasteiger partial charge < -0.3 is 9.84 Å². The second kappa shape index (κ2) is 6.22. The molecule has 1 aliphatic heterocycles. The van der Waals surface area contributed by atoms with Crippen molar-refractivity contribution in [2.45, 2.75) is 19.0 Å². The SMILES string of the molecule is C[C@]1(c2ccc(Cl)cc2)NC(=O)N(Cc2nc(-c3ccsc3)no2)C1=O. The summed E-state index contributed by atoms with van der Waals surface area (Å²) in [5.41, 5.74) is 0.304. The lowest BCUT2D eigenvalue weighted by Crippen LogP contribution is -2.40. The fourth-order valence-corrected chi connectivity index (χ4v) is 3.54. The average molecular weight is 389 g/mol. The van der Waals surface area contributed by atoms with Crippen LogP contribution in [0.4, 0.5) is 4.79 Å². The number of nitrogens with zero attached hydrogens (tertiary/aromatic N) is 3. The van der Waals surface area contributed by atoms with Gasteiger partial charge in [-0.05, 0) is 36.1 Å². The molecule has 1 aliphatic rings. The summed E-state index contributed by atoms with van der Waals surface area (Å²) in [7, 11) is 0. The molecule has 1 fully saturated rings. The molecule has 0 aliphatic carbocycles. The summed E-state index contributed by atoms with van der Waals surface area (Å²) in [6, 6.07) is 8.13. The van der Waals surface area contributed by atoms with E-state index in [9.17, 15) is 9.59 Å². The van der Waals surface area contributed by atoms with Crippen LogP contribution in [-0.2, 0) is 16.9 Å². The van der Waals surface area contributed by atoms with Gasteiger partial charge in [0, 0.05) is 16.0 Å². The number of hydrogen-bond donors (Lipinski definition) is 1. The molecule has 0 bridgehead atoms. The summed E-state index contributed by atoms with van der Waals surface area (Å²) in [5.74, 6) is 0.226. The third-order valence-corrected chi connectivity index (χ3v) is 5.17. The van der Waals surface area contributed by atoms with Gasteiger partial charge in [0.2, 0.25) is 11.7 Å². The van der Waals surface area contributed by atoms with E-state index in [1.165, 1.54) is 11.3 Å². The van der Waals surface area contributed by atoms with E-state index in [0.717, 1.165) is 10.5 Å². The molecule has 1 N–H and O–H groups in total. The minimum Gasteiger partial charge on any atom is -0.337 e. The summed E-state index contributed by atoms with van der Waals surface area (Å²) in [6.45, 7) is 1.56. The Hall–Kier alpha value is -2.71. The third-order valence-electron chi connectivity index (χ3n) is 4.24. The van der Waals surface area contributed by atoms with Crippen molar-refractivity contribution in [3.63, 3.8) is 0 Å². The number of thiophene rings is 1. The quantitative estimate of drug-likeness (QED) is 0.692. The molecule has 0 unspecified atom stereocenters. The molecule has 1 saturated heterocycles. The molecule has 0 spiro atoms. The highest BCUT2D eigenvalue weighted by Crippen LogP contribution is 2.30. The molecule has 7 nitrogen and oxygen atoms in total. The largest absolute Gasteiger partial charge is 0.337 e. The van der Waals surface area contributed by atoms with Gasteiger partial charge in [0.1, 0.15) is 12.1 Å². The molecule has 3 heterocycles. The molecule has 1 atom stereocenters. The van der Waals surface area contributed by atoms with Crippen LogP contribution in [0.1, 0.15) is 18.4 Å². The smallest absolute Gasteiger partial charge is 0.325 e. The van der Waals surface area contributed by atoms with Gasteiger partial charge in [-0.25, -0.2) is 4.79 Å². The first-order valence-electron chi connectivity index (χ1n) is 7.73. The number of carbonyl (C=O) groups is 2. The van der Waals surface area contributed by atoms with E-state index in [1.807, 2.05) is 16.8 Å². The van der Waals surface area contributed by atoms with Gasteiger partial charge in [-0.2, -0.15) is 16.3 Å². The summed E-state index contributed by atoms with van der Waals surface area (Å²) < 4.78 is 5.19. The number of nitrogens with one attached hydrogen (secondary N) is 1. The minimum atomic E-state index is -1.17. The van der Waals surface area contributed by atoms with Crippen LogP contribution in [0.2, 0.25) is 5.02 Å². The van der Waals surface area contributed by atoms with Crippen LogP contribution in [-0.4, -0.2) is 27.0 Å². The van der Waals surface area contributed by atoms with E-state index in [2.05, 4.69) is 15.5 Å². The normalized spacial score (nSPS) is 19.8. The Morgan fingerprint density at radius 3 is 2.73 bits per heavy atom. The number of carbonyl (C=O) groups excluding carboxylic acids is 2. The van der Waals surface area contributed by atoms with Crippen molar-refractivity contribution in [1.82, 2.24) is 20.4 Å². The molecule has 0 radical (unpaired) electrons. The Morgan fingerprint density at radius 1 is 1.27 bits per heavy atom. The van der Waals surface area contributed by atoms with Crippen molar-refractivity contribution in [2.75, 3.05) is 0 Å². The van der Waals surface area contributed by atoms with Crippen molar-refractivity contribution in [2.24, 2.45) is 0 Å². The van der Waals surface area contributed by atoms with Gasteiger partial charge in [-0.1, -0.05) is 28.9 Å². The van der Waals surface area contributed by atoms with E-state index in [4.69, 9.17) is 16.1 Å². The first-order valence-corrected chi connectivity index (χ1v) is 9.05. The second-order valence-electron chi connectivity index (χ2n) is 5.98. The molecule has 2 aromatic heterocycles. The lowest BCUT2D eigenvalue weighted by atomic mass is 9.92. The van der Waals surface area contributed by atoms with Crippen LogP contribution in [0.5, 0.6) is 0 Å². The maximum atomic E-state index is 12.9. The molecule has 1 aromatic carbocycles. The monoisotopic (exact) mass is 388 g/mol. The molecule has 3 amide bonds. The Kier molecular flexibility index (Phi) is 4.01. The maximum absolute atomic E-state index is 12.9. The molecule has 132 valence electrons. The third kappa shape index (κ3) is 2.77. The Morgan fingerprint density at radius 2 is 2.04 bits per heavy atom. The van der Waals surface area contributed by atoms with Gasteiger partial charge in [0.25, 0.3) is 5.91 Å². The van der Waals surface area contributed by atoms with Crippen LogP contribution >= 0.6 is 22.9 Å². The summed E-state index contributed by atoms with van der Waals surface area (Å²) in [6.07, 6.45) is 0. The topological polar surface area (TPSA) is 88.3 Å². The van der Waals surface area contributed by atoms with Crippen molar-refractivity contribution in [3.8, 4) is 11.4 Å². The lowest BCUT2D eigenvalue weighted by molar-refractivity contribution is -0.131. The van der Waals surface area contributed by atoms with Crippen molar-refractivity contribution < 1.29 is 14.1 Å². The Labute approximate surface area is 157 Å². The van der Waals surface area contributed by atoms with Crippen LogP contribution < -0.4 is 5.32 Å². The molecule has 9 heteroatoms. The zero-order valence-electron chi connectivity index (χ0n) is 13.6. The molecule has 4 rings (SSSR count).